The molecule has 1 rings (SSSR count). The number of benzene rings is 1. The Bertz CT molecular complexity index is 161. The van der Waals surface area contributed by atoms with Crippen LogP contribution < -0.4 is 0 Å². The van der Waals surface area contributed by atoms with Gasteiger partial charge in [-0.2, -0.15) is 0 Å². The summed E-state index contributed by atoms with van der Waals surface area (Å²) in [5.41, 5.74) is 0.965. The van der Waals surface area contributed by atoms with Gasteiger partial charge >= 0.3 is 0 Å². The highest BCUT2D eigenvalue weighted by Crippen LogP contribution is 1.95. The fourth-order valence-electron chi connectivity index (χ4n) is 0.583. The van der Waals surface area contributed by atoms with Crippen LogP contribution in [0.5, 0.6) is 0 Å². The minimum absolute atomic E-state index is 0.140. The number of hydrogen-bond donors (Lipinski definition) is 2. The molecule has 2 N–H and O–H groups in total. The van der Waals surface area contributed by atoms with E-state index in [9.17, 15) is 0 Å². The van der Waals surface area contributed by atoms with Crippen molar-refractivity contribution in [3.8, 4) is 0 Å². The molecular weight excluding hydrogens is 164 g/mol. The molecule has 76 valence electrons. The van der Waals surface area contributed by atoms with Crippen LogP contribution in [0.1, 0.15) is 26.3 Å². The van der Waals surface area contributed by atoms with Gasteiger partial charge in [0, 0.05) is 6.61 Å². The Labute approximate surface area is 80.9 Å². The SMILES string of the molecule is CC.CCO.OCc1ccccc1. The zero-order valence-electron chi connectivity index (χ0n) is 8.70. The van der Waals surface area contributed by atoms with Crippen molar-refractivity contribution in [2.45, 2.75) is 27.4 Å². The molecule has 0 aliphatic carbocycles. The van der Waals surface area contributed by atoms with Crippen LogP contribution in [0.4, 0.5) is 0 Å². The first-order valence-corrected chi connectivity index (χ1v) is 4.60. The lowest BCUT2D eigenvalue weighted by molar-refractivity contribution is 0.282. The van der Waals surface area contributed by atoms with Crippen molar-refractivity contribution in [1.82, 2.24) is 0 Å². The lowest BCUT2D eigenvalue weighted by Gasteiger charge is -1.89. The zero-order valence-corrected chi connectivity index (χ0v) is 8.70. The summed E-state index contributed by atoms with van der Waals surface area (Å²) < 4.78 is 0. The number of rotatable bonds is 1. The molecule has 0 spiro atoms. The molecule has 0 aliphatic heterocycles. The Morgan fingerprint density at radius 1 is 1.00 bits per heavy atom. The lowest BCUT2D eigenvalue weighted by Crippen LogP contribution is -1.77. The van der Waals surface area contributed by atoms with Gasteiger partial charge in [-0.15, -0.1) is 0 Å². The van der Waals surface area contributed by atoms with Crippen LogP contribution in [-0.4, -0.2) is 16.8 Å². The van der Waals surface area contributed by atoms with Gasteiger partial charge in [0.2, 0.25) is 0 Å². The average Bonchev–Trinajstić information content (AvgIpc) is 2.23. The molecule has 0 heterocycles. The van der Waals surface area contributed by atoms with Crippen molar-refractivity contribution in [2.24, 2.45) is 0 Å². The monoisotopic (exact) mass is 184 g/mol. The quantitative estimate of drug-likeness (QED) is 0.702. The van der Waals surface area contributed by atoms with Gasteiger partial charge in [-0.1, -0.05) is 44.2 Å². The molecule has 2 heteroatoms. The van der Waals surface area contributed by atoms with Gasteiger partial charge in [0.1, 0.15) is 0 Å². The summed E-state index contributed by atoms with van der Waals surface area (Å²) in [5.74, 6) is 0. The summed E-state index contributed by atoms with van der Waals surface area (Å²) in [6.07, 6.45) is 0. The Morgan fingerprint density at radius 2 is 1.38 bits per heavy atom. The Balaban J connectivity index is 0. The first-order valence-electron chi connectivity index (χ1n) is 4.60. The fraction of sp³-hybridized carbons (Fsp3) is 0.455. The molecular formula is C11H20O2. The molecule has 0 amide bonds. The number of hydrogen-bond acceptors (Lipinski definition) is 2. The molecule has 0 saturated heterocycles. The first kappa shape index (κ1) is 14.7. The maximum atomic E-state index is 8.54. The van der Waals surface area contributed by atoms with Crippen LogP contribution in [0.3, 0.4) is 0 Å². The summed E-state index contributed by atoms with van der Waals surface area (Å²) in [7, 11) is 0. The maximum Gasteiger partial charge on any atom is 0.0681 e. The van der Waals surface area contributed by atoms with E-state index < -0.39 is 0 Å². The second-order valence-corrected chi connectivity index (χ2v) is 1.96. The predicted molar refractivity (Wildman–Crippen MR) is 56.5 cm³/mol. The predicted octanol–water partition coefficient (Wildman–Crippen LogP) is 2.20. The van der Waals surface area contributed by atoms with Crippen LogP contribution in [-0.2, 0) is 6.61 Å². The summed E-state index contributed by atoms with van der Waals surface area (Å²) >= 11 is 0. The van der Waals surface area contributed by atoms with E-state index in [2.05, 4.69) is 0 Å². The summed E-state index contributed by atoms with van der Waals surface area (Å²) in [6, 6.07) is 9.52. The molecule has 0 saturated carbocycles. The maximum absolute atomic E-state index is 8.54. The molecule has 0 fully saturated rings. The van der Waals surface area contributed by atoms with Crippen molar-refractivity contribution in [3.05, 3.63) is 35.9 Å². The van der Waals surface area contributed by atoms with Crippen molar-refractivity contribution < 1.29 is 10.2 Å². The highest BCUT2D eigenvalue weighted by Gasteiger charge is 1.81. The minimum atomic E-state index is 0.140. The van der Waals surface area contributed by atoms with Crippen molar-refractivity contribution in [2.75, 3.05) is 6.61 Å². The molecule has 0 aliphatic rings. The minimum Gasteiger partial charge on any atom is -0.397 e. The average molecular weight is 184 g/mol. The van der Waals surface area contributed by atoms with Crippen LogP contribution >= 0.6 is 0 Å². The second kappa shape index (κ2) is 13.7. The summed E-state index contributed by atoms with van der Waals surface area (Å²) in [4.78, 5) is 0. The standard InChI is InChI=1S/C7H8O.C2H6O.C2H6/c8-6-7-4-2-1-3-5-7;1-2-3;1-2/h1-5,8H,6H2;3H,2H2,1H3;1-2H3. The molecule has 0 unspecified atom stereocenters. The van der Waals surface area contributed by atoms with E-state index in [1.807, 2.05) is 44.2 Å². The highest BCUT2D eigenvalue weighted by molar-refractivity contribution is 5.12. The normalized spacial score (nSPS) is 7.46. The number of aliphatic hydroxyl groups is 2. The van der Waals surface area contributed by atoms with E-state index in [0.717, 1.165) is 5.56 Å². The Hall–Kier alpha value is -0.860. The van der Waals surface area contributed by atoms with Crippen LogP contribution in [0.15, 0.2) is 30.3 Å². The molecule has 0 aromatic heterocycles. The largest absolute Gasteiger partial charge is 0.397 e. The van der Waals surface area contributed by atoms with Crippen molar-refractivity contribution in [1.29, 1.82) is 0 Å². The number of aliphatic hydroxyl groups excluding tert-OH is 2. The molecule has 1 aromatic rings. The van der Waals surface area contributed by atoms with E-state index in [-0.39, 0.29) is 13.2 Å². The smallest absolute Gasteiger partial charge is 0.0681 e. The van der Waals surface area contributed by atoms with Gasteiger partial charge in [0.05, 0.1) is 6.61 Å². The molecule has 13 heavy (non-hydrogen) atoms. The highest BCUT2D eigenvalue weighted by atomic mass is 16.3. The van der Waals surface area contributed by atoms with Crippen LogP contribution in [0, 0.1) is 0 Å². The Kier molecular flexibility index (Phi) is 15.5. The van der Waals surface area contributed by atoms with Gasteiger partial charge in [0.15, 0.2) is 0 Å². The third kappa shape index (κ3) is 11.1. The summed E-state index contributed by atoms with van der Waals surface area (Å²) in [6.45, 7) is 6.07. The van der Waals surface area contributed by atoms with Gasteiger partial charge in [-0.25, -0.2) is 0 Å². The van der Waals surface area contributed by atoms with E-state index in [1.165, 1.54) is 0 Å². The Morgan fingerprint density at radius 3 is 1.62 bits per heavy atom. The fourth-order valence-corrected chi connectivity index (χ4v) is 0.583. The molecule has 0 atom stereocenters. The van der Waals surface area contributed by atoms with Gasteiger partial charge in [0.25, 0.3) is 0 Å². The first-order chi connectivity index (χ1) is 6.35. The van der Waals surface area contributed by atoms with Gasteiger partial charge < -0.3 is 10.2 Å². The summed E-state index contributed by atoms with van der Waals surface area (Å²) in [5, 5.41) is 16.1. The van der Waals surface area contributed by atoms with Gasteiger partial charge in [-0.05, 0) is 12.5 Å². The zero-order chi connectivity index (χ0) is 10.5. The van der Waals surface area contributed by atoms with E-state index in [1.54, 1.807) is 6.92 Å². The van der Waals surface area contributed by atoms with Crippen LogP contribution in [0.2, 0.25) is 0 Å². The molecule has 0 bridgehead atoms. The second-order valence-electron chi connectivity index (χ2n) is 1.96. The van der Waals surface area contributed by atoms with E-state index in [4.69, 9.17) is 10.2 Å². The topological polar surface area (TPSA) is 40.5 Å². The van der Waals surface area contributed by atoms with E-state index >= 15 is 0 Å². The van der Waals surface area contributed by atoms with Crippen molar-refractivity contribution in [3.63, 3.8) is 0 Å². The van der Waals surface area contributed by atoms with E-state index in [0.29, 0.717) is 0 Å². The molecule has 2 nitrogen and oxygen atoms in total. The molecule has 0 radical (unpaired) electrons. The molecule has 1 aromatic carbocycles. The van der Waals surface area contributed by atoms with Gasteiger partial charge in [-0.3, -0.25) is 0 Å². The third-order valence-corrected chi connectivity index (χ3v) is 1.03. The van der Waals surface area contributed by atoms with Crippen molar-refractivity contribution >= 4 is 0 Å². The lowest BCUT2D eigenvalue weighted by atomic mass is 10.2. The third-order valence-electron chi connectivity index (χ3n) is 1.03. The van der Waals surface area contributed by atoms with Crippen LogP contribution in [0.25, 0.3) is 0 Å².